The van der Waals surface area contributed by atoms with Crippen LogP contribution in [-0.2, 0) is 16.1 Å². The van der Waals surface area contributed by atoms with Crippen molar-refractivity contribution < 1.29 is 9.59 Å². The highest BCUT2D eigenvalue weighted by Gasteiger charge is 2.13. The molecular weight excluding hydrogens is 438 g/mol. The molecule has 0 aliphatic heterocycles. The van der Waals surface area contributed by atoms with Crippen molar-refractivity contribution in [2.24, 2.45) is 0 Å². The van der Waals surface area contributed by atoms with Crippen molar-refractivity contribution in [1.29, 1.82) is 0 Å². The number of hydrogen-bond acceptors (Lipinski definition) is 6. The van der Waals surface area contributed by atoms with E-state index in [9.17, 15) is 14.4 Å². The van der Waals surface area contributed by atoms with E-state index in [1.54, 1.807) is 12.1 Å². The summed E-state index contributed by atoms with van der Waals surface area (Å²) in [6, 6.07) is 14.9. The molecule has 4 rings (SSSR count). The van der Waals surface area contributed by atoms with Gasteiger partial charge in [0.15, 0.2) is 5.13 Å². The quantitative estimate of drug-likeness (QED) is 0.456. The van der Waals surface area contributed by atoms with Gasteiger partial charge in [-0.15, -0.1) is 11.3 Å². The summed E-state index contributed by atoms with van der Waals surface area (Å²) < 4.78 is 1.18. The highest BCUT2D eigenvalue weighted by Crippen LogP contribution is 2.26. The molecule has 1 unspecified atom stereocenters. The summed E-state index contributed by atoms with van der Waals surface area (Å²) in [5, 5.41) is 13.5. The maximum absolute atomic E-state index is 12.7. The lowest BCUT2D eigenvalue weighted by molar-refractivity contribution is -0.119. The first-order chi connectivity index (χ1) is 15.8. The van der Waals surface area contributed by atoms with Gasteiger partial charge in [0.2, 0.25) is 11.8 Å². The molecule has 0 fully saturated rings. The second-order valence-electron chi connectivity index (χ2n) is 7.72. The molecule has 9 heteroatoms. The summed E-state index contributed by atoms with van der Waals surface area (Å²) in [4.78, 5) is 41.0. The fourth-order valence-corrected chi connectivity index (χ4v) is 4.34. The van der Waals surface area contributed by atoms with Gasteiger partial charge < -0.3 is 10.6 Å². The molecule has 2 aromatic heterocycles. The number of fused-ring (bicyclic) bond motifs is 1. The maximum Gasteiger partial charge on any atom is 0.275 e. The molecule has 0 saturated carbocycles. The largest absolute Gasteiger partial charge is 0.350 e. The lowest BCUT2D eigenvalue weighted by atomic mass is 10.1. The molecule has 33 heavy (non-hydrogen) atoms. The Labute approximate surface area is 194 Å². The third kappa shape index (κ3) is 4.98. The van der Waals surface area contributed by atoms with Crippen molar-refractivity contribution in [2.45, 2.75) is 33.4 Å². The minimum atomic E-state index is -0.375. The van der Waals surface area contributed by atoms with Crippen LogP contribution < -0.4 is 16.2 Å². The van der Waals surface area contributed by atoms with Crippen LogP contribution >= 0.6 is 11.3 Å². The Bertz CT molecular complexity index is 1390. The van der Waals surface area contributed by atoms with Gasteiger partial charge in [-0.1, -0.05) is 42.5 Å². The topological polar surface area (TPSA) is 106 Å². The Hall–Kier alpha value is -3.85. The van der Waals surface area contributed by atoms with Gasteiger partial charge in [0.1, 0.15) is 6.54 Å². The van der Waals surface area contributed by atoms with E-state index in [2.05, 4.69) is 20.7 Å². The molecule has 4 aromatic rings. The second kappa shape index (κ2) is 9.33. The molecule has 0 bridgehead atoms. The summed E-state index contributed by atoms with van der Waals surface area (Å²) in [6.07, 6.45) is 0. The number of aryl methyl sites for hydroxylation is 1. The van der Waals surface area contributed by atoms with Gasteiger partial charge in [-0.2, -0.15) is 5.10 Å². The molecule has 8 nitrogen and oxygen atoms in total. The molecule has 0 saturated heterocycles. The zero-order valence-electron chi connectivity index (χ0n) is 18.5. The molecule has 0 aliphatic carbocycles. The second-order valence-corrected chi connectivity index (χ2v) is 8.58. The van der Waals surface area contributed by atoms with E-state index in [1.165, 1.54) is 22.9 Å². The average molecular weight is 462 g/mol. The molecule has 0 radical (unpaired) electrons. The number of hydrogen-bond donors (Lipinski definition) is 2. The van der Waals surface area contributed by atoms with Crippen molar-refractivity contribution >= 4 is 39.1 Å². The minimum absolute atomic E-state index is 0.0808. The van der Waals surface area contributed by atoms with Gasteiger partial charge in [0, 0.05) is 23.3 Å². The summed E-state index contributed by atoms with van der Waals surface area (Å²) in [6.45, 7) is 5.02. The first-order valence-corrected chi connectivity index (χ1v) is 11.3. The molecule has 2 aromatic carbocycles. The van der Waals surface area contributed by atoms with Crippen LogP contribution in [0, 0.1) is 6.92 Å². The summed E-state index contributed by atoms with van der Waals surface area (Å²) >= 11 is 1.30. The van der Waals surface area contributed by atoms with Crippen LogP contribution in [0.25, 0.3) is 22.0 Å². The van der Waals surface area contributed by atoms with Crippen LogP contribution in [0.2, 0.25) is 0 Å². The van der Waals surface area contributed by atoms with Crippen molar-refractivity contribution in [3.05, 3.63) is 75.5 Å². The number of carbonyl (C=O) groups is 2. The number of aromatic nitrogens is 3. The summed E-state index contributed by atoms with van der Waals surface area (Å²) in [7, 11) is 0. The number of benzene rings is 2. The van der Waals surface area contributed by atoms with E-state index >= 15 is 0 Å². The molecule has 2 amide bonds. The zero-order chi connectivity index (χ0) is 23.5. The van der Waals surface area contributed by atoms with Gasteiger partial charge in [0.25, 0.3) is 5.56 Å². The predicted molar refractivity (Wildman–Crippen MR) is 129 cm³/mol. The number of nitrogens with one attached hydrogen (secondary N) is 2. The van der Waals surface area contributed by atoms with Crippen LogP contribution in [0.3, 0.4) is 0 Å². The highest BCUT2D eigenvalue weighted by molar-refractivity contribution is 7.14. The number of anilines is 1. The van der Waals surface area contributed by atoms with E-state index in [0.29, 0.717) is 16.2 Å². The first kappa shape index (κ1) is 22.3. The number of rotatable bonds is 6. The van der Waals surface area contributed by atoms with Gasteiger partial charge in [-0.3, -0.25) is 14.4 Å². The fraction of sp³-hybridized carbons (Fsp3) is 0.208. The summed E-state index contributed by atoms with van der Waals surface area (Å²) in [5.41, 5.74) is 2.99. The third-order valence-corrected chi connectivity index (χ3v) is 5.98. The SMILES string of the molecule is CC(=O)NC(C)c1ccc(-c2csc(NC(=O)Cn3nc(C)c4ccccc4c3=O)n2)cc1. The monoisotopic (exact) mass is 461 g/mol. The van der Waals surface area contributed by atoms with E-state index in [4.69, 9.17) is 0 Å². The average Bonchev–Trinajstić information content (AvgIpc) is 3.25. The van der Waals surface area contributed by atoms with E-state index in [0.717, 1.165) is 22.2 Å². The van der Waals surface area contributed by atoms with Crippen LogP contribution in [0.15, 0.2) is 58.7 Å². The Morgan fingerprint density at radius 1 is 1.09 bits per heavy atom. The van der Waals surface area contributed by atoms with Crippen LogP contribution in [0.4, 0.5) is 5.13 Å². The number of amides is 2. The predicted octanol–water partition coefficient (Wildman–Crippen LogP) is 3.66. The molecule has 0 aliphatic rings. The molecule has 168 valence electrons. The van der Waals surface area contributed by atoms with E-state index < -0.39 is 0 Å². The van der Waals surface area contributed by atoms with Crippen LogP contribution in [-0.4, -0.2) is 26.6 Å². The smallest absolute Gasteiger partial charge is 0.275 e. The third-order valence-electron chi connectivity index (χ3n) is 5.22. The molecule has 1 atom stereocenters. The molecular formula is C24H23N5O3S. The Kier molecular flexibility index (Phi) is 6.32. The van der Waals surface area contributed by atoms with Gasteiger partial charge in [0.05, 0.1) is 22.8 Å². The number of carbonyl (C=O) groups excluding carboxylic acids is 2. The lowest BCUT2D eigenvalue weighted by Crippen LogP contribution is -2.30. The van der Waals surface area contributed by atoms with Gasteiger partial charge in [-0.05, 0) is 25.5 Å². The van der Waals surface area contributed by atoms with Crippen molar-refractivity contribution in [1.82, 2.24) is 20.1 Å². The Balaban J connectivity index is 1.45. The van der Waals surface area contributed by atoms with E-state index in [1.807, 2.05) is 55.6 Å². The van der Waals surface area contributed by atoms with Crippen molar-refractivity contribution in [2.75, 3.05) is 5.32 Å². The standard InChI is InChI=1S/C24H23N5O3S/c1-14(25-16(3)30)17-8-10-18(11-9-17)21-13-33-24(26-21)27-22(31)12-29-23(32)20-7-5-4-6-19(20)15(2)28-29/h4-11,13-14H,12H2,1-3H3,(H,25,30)(H,26,27,31). The molecule has 2 heterocycles. The zero-order valence-corrected chi connectivity index (χ0v) is 19.3. The number of thiazole rings is 1. The molecule has 2 N–H and O–H groups in total. The maximum atomic E-state index is 12.7. The van der Waals surface area contributed by atoms with Crippen molar-refractivity contribution in [3.63, 3.8) is 0 Å². The first-order valence-electron chi connectivity index (χ1n) is 10.4. The Morgan fingerprint density at radius 3 is 2.48 bits per heavy atom. The lowest BCUT2D eigenvalue weighted by Gasteiger charge is -2.13. The molecule has 0 spiro atoms. The minimum Gasteiger partial charge on any atom is -0.350 e. The highest BCUT2D eigenvalue weighted by atomic mass is 32.1. The van der Waals surface area contributed by atoms with Gasteiger partial charge >= 0.3 is 0 Å². The van der Waals surface area contributed by atoms with Crippen LogP contribution in [0.5, 0.6) is 0 Å². The number of nitrogens with zero attached hydrogens (tertiary/aromatic N) is 3. The van der Waals surface area contributed by atoms with Crippen molar-refractivity contribution in [3.8, 4) is 11.3 Å². The van der Waals surface area contributed by atoms with Gasteiger partial charge in [-0.25, -0.2) is 9.67 Å². The Morgan fingerprint density at radius 2 is 1.79 bits per heavy atom. The van der Waals surface area contributed by atoms with Crippen LogP contribution in [0.1, 0.15) is 31.1 Å². The fourth-order valence-electron chi connectivity index (χ4n) is 3.60. The normalized spacial score (nSPS) is 11.8. The van der Waals surface area contributed by atoms with E-state index in [-0.39, 0.29) is 30.0 Å². The summed E-state index contributed by atoms with van der Waals surface area (Å²) in [5.74, 6) is -0.456.